The highest BCUT2D eigenvalue weighted by atomic mass is 16.4. The van der Waals surface area contributed by atoms with Crippen molar-refractivity contribution in [2.24, 2.45) is 11.3 Å². The van der Waals surface area contributed by atoms with Crippen molar-refractivity contribution in [2.75, 3.05) is 19.6 Å². The van der Waals surface area contributed by atoms with E-state index < -0.39 is 11.4 Å². The Morgan fingerprint density at radius 2 is 2.12 bits per heavy atom. The van der Waals surface area contributed by atoms with Crippen LogP contribution < -0.4 is 5.32 Å². The number of hydrogen-bond donors (Lipinski definition) is 2. The first kappa shape index (κ1) is 22.5. The van der Waals surface area contributed by atoms with E-state index in [1.54, 1.807) is 6.26 Å². The lowest BCUT2D eigenvalue weighted by Gasteiger charge is -2.49. The number of aliphatic carboxylic acids is 1. The molecule has 1 amide bonds. The summed E-state index contributed by atoms with van der Waals surface area (Å²) >= 11 is 0. The lowest BCUT2D eigenvalue weighted by atomic mass is 9.74. The molecule has 8 nitrogen and oxygen atoms in total. The molecule has 5 rings (SSSR count). The fourth-order valence-electron chi connectivity index (χ4n) is 5.22. The van der Waals surface area contributed by atoms with E-state index in [4.69, 9.17) is 14.5 Å². The Labute approximate surface area is 188 Å². The highest BCUT2D eigenvalue weighted by molar-refractivity contribution is 5.77. The molecule has 5 heterocycles. The van der Waals surface area contributed by atoms with Gasteiger partial charge in [0.05, 0.1) is 12.7 Å². The van der Waals surface area contributed by atoms with Crippen LogP contribution in [0.4, 0.5) is 0 Å². The molecule has 3 saturated heterocycles. The average Bonchev–Trinajstić information content (AvgIpc) is 3.26. The molecule has 0 saturated carbocycles. The Morgan fingerprint density at radius 1 is 1.31 bits per heavy atom. The lowest BCUT2D eigenvalue weighted by molar-refractivity contribution is -0.139. The van der Waals surface area contributed by atoms with Gasteiger partial charge in [-0.2, -0.15) is 0 Å². The van der Waals surface area contributed by atoms with Gasteiger partial charge in [-0.05, 0) is 55.8 Å². The molecule has 4 atom stereocenters. The van der Waals surface area contributed by atoms with Gasteiger partial charge in [-0.25, -0.2) is 9.97 Å². The van der Waals surface area contributed by atoms with Crippen LogP contribution in [0.1, 0.15) is 57.0 Å². The summed E-state index contributed by atoms with van der Waals surface area (Å²) in [6, 6.07) is 6.14. The standard InChI is InChI=1S/C24H32N4O4/c1-15-26-19(10-20(27-15)21-5-4-8-32-21)18-14-28-7-6-16(18)9-17(28)13-25-22(29)11-24(2,3)12-23(30)31/h4-5,8,10,16-18H,6-7,9,11-14H2,1-3H3,(H,25,29)(H,30,31)/t16-,17+,18+/m0/s1. The maximum Gasteiger partial charge on any atom is 0.303 e. The van der Waals surface area contributed by atoms with Crippen LogP contribution in [0.5, 0.6) is 0 Å². The van der Waals surface area contributed by atoms with Crippen molar-refractivity contribution in [3.63, 3.8) is 0 Å². The summed E-state index contributed by atoms with van der Waals surface area (Å²) in [4.78, 5) is 35.2. The second-order valence-corrected chi connectivity index (χ2v) is 9.96. The summed E-state index contributed by atoms with van der Waals surface area (Å²) in [5.41, 5.74) is 1.34. The van der Waals surface area contributed by atoms with Crippen LogP contribution in [0.15, 0.2) is 28.9 Å². The number of carbonyl (C=O) groups excluding carboxylic acids is 1. The van der Waals surface area contributed by atoms with Gasteiger partial charge in [-0.1, -0.05) is 13.8 Å². The van der Waals surface area contributed by atoms with Gasteiger partial charge in [0.1, 0.15) is 11.5 Å². The summed E-state index contributed by atoms with van der Waals surface area (Å²) < 4.78 is 5.53. The summed E-state index contributed by atoms with van der Waals surface area (Å²) in [6.07, 6.45) is 4.00. The molecule has 3 fully saturated rings. The van der Waals surface area contributed by atoms with Crippen LogP contribution in [0.25, 0.3) is 11.5 Å². The summed E-state index contributed by atoms with van der Waals surface area (Å²) in [5, 5.41) is 12.1. The van der Waals surface area contributed by atoms with E-state index in [9.17, 15) is 9.59 Å². The van der Waals surface area contributed by atoms with E-state index in [2.05, 4.69) is 21.3 Å². The Kier molecular flexibility index (Phi) is 6.33. The molecular weight excluding hydrogens is 408 g/mol. The van der Waals surface area contributed by atoms with Crippen molar-refractivity contribution >= 4 is 11.9 Å². The average molecular weight is 441 g/mol. The molecule has 0 radical (unpaired) electrons. The zero-order valence-electron chi connectivity index (χ0n) is 19.0. The molecule has 8 heteroatoms. The molecule has 2 aromatic heterocycles. The van der Waals surface area contributed by atoms with Crippen molar-refractivity contribution in [2.45, 2.75) is 58.4 Å². The largest absolute Gasteiger partial charge is 0.481 e. The number of carboxylic acids is 1. The molecule has 2 bridgehead atoms. The lowest BCUT2D eigenvalue weighted by Crippen LogP contribution is -2.56. The number of nitrogens with one attached hydrogen (secondary N) is 1. The van der Waals surface area contributed by atoms with E-state index in [1.165, 1.54) is 0 Å². The maximum atomic E-state index is 12.4. The second kappa shape index (κ2) is 9.02. The number of rotatable bonds is 8. The fourth-order valence-corrected chi connectivity index (χ4v) is 5.22. The molecular formula is C24H32N4O4. The van der Waals surface area contributed by atoms with Gasteiger partial charge in [0.25, 0.3) is 0 Å². The molecule has 32 heavy (non-hydrogen) atoms. The first-order valence-electron chi connectivity index (χ1n) is 11.3. The summed E-state index contributed by atoms with van der Waals surface area (Å²) in [6.45, 7) is 8.11. The number of hydrogen-bond acceptors (Lipinski definition) is 6. The van der Waals surface area contributed by atoms with Crippen molar-refractivity contribution < 1.29 is 19.1 Å². The Hall–Kier alpha value is -2.74. The van der Waals surface area contributed by atoms with Gasteiger partial charge in [0.2, 0.25) is 5.91 Å². The number of piperidine rings is 3. The molecule has 172 valence electrons. The normalized spacial score (nSPS) is 25.0. The SMILES string of the molecule is Cc1nc(-c2ccco2)cc([C@@H]2CN3CC[C@H]2C[C@@H]3CNC(=O)CC(C)(C)CC(=O)O)n1. The zero-order valence-corrected chi connectivity index (χ0v) is 19.0. The van der Waals surface area contributed by atoms with Crippen LogP contribution >= 0.6 is 0 Å². The second-order valence-electron chi connectivity index (χ2n) is 9.96. The van der Waals surface area contributed by atoms with Crippen LogP contribution in [0, 0.1) is 18.3 Å². The van der Waals surface area contributed by atoms with E-state index in [0.717, 1.165) is 48.9 Å². The maximum absolute atomic E-state index is 12.4. The van der Waals surface area contributed by atoms with Gasteiger partial charge in [0.15, 0.2) is 5.76 Å². The van der Waals surface area contributed by atoms with E-state index in [-0.39, 0.29) is 18.7 Å². The molecule has 0 aromatic carbocycles. The van der Waals surface area contributed by atoms with E-state index >= 15 is 0 Å². The number of nitrogens with zero attached hydrogens (tertiary/aromatic N) is 3. The van der Waals surface area contributed by atoms with Crippen LogP contribution in [-0.4, -0.2) is 57.5 Å². The first-order chi connectivity index (χ1) is 15.2. The van der Waals surface area contributed by atoms with Crippen molar-refractivity contribution in [3.05, 3.63) is 36.0 Å². The third-order valence-electron chi connectivity index (χ3n) is 6.69. The molecule has 1 unspecified atom stereocenters. The van der Waals surface area contributed by atoms with Gasteiger partial charge < -0.3 is 14.8 Å². The van der Waals surface area contributed by atoms with Gasteiger partial charge in [-0.3, -0.25) is 14.5 Å². The smallest absolute Gasteiger partial charge is 0.303 e. The van der Waals surface area contributed by atoms with Crippen LogP contribution in [-0.2, 0) is 9.59 Å². The number of amides is 1. The predicted molar refractivity (Wildman–Crippen MR) is 119 cm³/mol. The quantitative estimate of drug-likeness (QED) is 0.649. The molecule has 3 aliphatic rings. The van der Waals surface area contributed by atoms with Gasteiger partial charge in [-0.15, -0.1) is 0 Å². The predicted octanol–water partition coefficient (Wildman–Crippen LogP) is 3.23. The zero-order chi connectivity index (χ0) is 22.9. The minimum atomic E-state index is -0.875. The molecule has 2 aromatic rings. The number of fused-ring (bicyclic) bond motifs is 3. The third kappa shape index (κ3) is 5.18. The third-order valence-corrected chi connectivity index (χ3v) is 6.69. The Bertz CT molecular complexity index is 972. The highest BCUT2D eigenvalue weighted by Crippen LogP contribution is 2.41. The Morgan fingerprint density at radius 3 is 2.78 bits per heavy atom. The summed E-state index contributed by atoms with van der Waals surface area (Å²) in [5.74, 6) is 1.41. The number of furan rings is 1. The number of carbonyl (C=O) groups is 2. The van der Waals surface area contributed by atoms with Crippen molar-refractivity contribution in [3.8, 4) is 11.5 Å². The highest BCUT2D eigenvalue weighted by Gasteiger charge is 2.41. The van der Waals surface area contributed by atoms with E-state index in [1.807, 2.05) is 32.9 Å². The first-order valence-corrected chi connectivity index (χ1v) is 11.3. The minimum absolute atomic E-state index is 0.0158. The van der Waals surface area contributed by atoms with Crippen LogP contribution in [0.3, 0.4) is 0 Å². The molecule has 0 aliphatic carbocycles. The summed E-state index contributed by atoms with van der Waals surface area (Å²) in [7, 11) is 0. The number of aryl methyl sites for hydroxylation is 1. The fraction of sp³-hybridized carbons (Fsp3) is 0.583. The van der Waals surface area contributed by atoms with Gasteiger partial charge >= 0.3 is 5.97 Å². The molecule has 0 spiro atoms. The molecule has 2 N–H and O–H groups in total. The minimum Gasteiger partial charge on any atom is -0.481 e. The van der Waals surface area contributed by atoms with Crippen LogP contribution in [0.2, 0.25) is 0 Å². The Balaban J connectivity index is 1.37. The van der Waals surface area contributed by atoms with Gasteiger partial charge in [0, 0.05) is 37.2 Å². The van der Waals surface area contributed by atoms with Crippen molar-refractivity contribution in [1.82, 2.24) is 20.2 Å². The topological polar surface area (TPSA) is 109 Å². The monoisotopic (exact) mass is 440 g/mol. The van der Waals surface area contributed by atoms with Crippen molar-refractivity contribution in [1.29, 1.82) is 0 Å². The number of carboxylic acid groups (broad SMARTS) is 1. The number of aromatic nitrogens is 2. The van der Waals surface area contributed by atoms with E-state index in [0.29, 0.717) is 24.4 Å². The molecule has 3 aliphatic heterocycles.